The fourth-order valence-corrected chi connectivity index (χ4v) is 2.54. The summed E-state index contributed by atoms with van der Waals surface area (Å²) in [5, 5.41) is 3.29. The average Bonchev–Trinajstić information content (AvgIpc) is 2.56. The summed E-state index contributed by atoms with van der Waals surface area (Å²) in [5.41, 5.74) is 0.595. The molecule has 1 saturated heterocycles. The van der Waals surface area contributed by atoms with Crippen molar-refractivity contribution in [3.05, 3.63) is 32.4 Å². The second-order valence-electron chi connectivity index (χ2n) is 4.02. The first-order chi connectivity index (χ1) is 8.58. The lowest BCUT2D eigenvalue weighted by Crippen LogP contribution is -2.34. The summed E-state index contributed by atoms with van der Waals surface area (Å²) in [6.45, 7) is 1.49. The smallest absolute Gasteiger partial charge is 0.255 e. The van der Waals surface area contributed by atoms with Crippen LogP contribution in [0.1, 0.15) is 16.8 Å². The first-order valence-corrected chi connectivity index (χ1v) is 7.04. The molecule has 0 bridgehead atoms. The summed E-state index contributed by atoms with van der Waals surface area (Å²) >= 11 is 8.03. The molecule has 1 fully saturated rings. The molecule has 0 radical (unpaired) electrons. The highest BCUT2D eigenvalue weighted by molar-refractivity contribution is 14.1. The fourth-order valence-electron chi connectivity index (χ4n) is 1.80. The van der Waals surface area contributed by atoms with Crippen molar-refractivity contribution in [2.24, 2.45) is 0 Å². The van der Waals surface area contributed by atoms with E-state index in [-0.39, 0.29) is 11.8 Å². The molecule has 1 aromatic rings. The van der Waals surface area contributed by atoms with Crippen molar-refractivity contribution in [1.82, 2.24) is 10.2 Å². The van der Waals surface area contributed by atoms with Gasteiger partial charge in [-0.1, -0.05) is 11.6 Å². The van der Waals surface area contributed by atoms with Crippen molar-refractivity contribution in [2.75, 3.05) is 19.6 Å². The molecule has 1 N–H and O–H groups in total. The Hall–Kier alpha value is -0.820. The molecule has 0 aliphatic carbocycles. The lowest BCUT2D eigenvalue weighted by molar-refractivity contribution is -0.120. The molecule has 1 aromatic carbocycles. The highest BCUT2D eigenvalue weighted by atomic mass is 127. The van der Waals surface area contributed by atoms with E-state index in [9.17, 15) is 9.59 Å². The highest BCUT2D eigenvalue weighted by Crippen LogP contribution is 2.20. The molecule has 18 heavy (non-hydrogen) atoms. The lowest BCUT2D eigenvalue weighted by atomic mass is 10.2. The summed E-state index contributed by atoms with van der Waals surface area (Å²) in [7, 11) is 0. The Morgan fingerprint density at radius 1 is 1.39 bits per heavy atom. The molecule has 6 heteroatoms. The first kappa shape index (κ1) is 13.6. The molecule has 0 saturated carbocycles. The van der Waals surface area contributed by atoms with Crippen LogP contribution in [0.2, 0.25) is 5.02 Å². The van der Waals surface area contributed by atoms with E-state index in [1.54, 1.807) is 17.0 Å². The molecule has 1 aliphatic heterocycles. The quantitative estimate of drug-likeness (QED) is 0.759. The Balaban J connectivity index is 2.19. The number of amides is 2. The van der Waals surface area contributed by atoms with Gasteiger partial charge in [0.1, 0.15) is 0 Å². The molecular formula is C12H12ClIN2O2. The number of nitrogens with zero attached hydrogens (tertiary/aromatic N) is 1. The van der Waals surface area contributed by atoms with Crippen molar-refractivity contribution in [2.45, 2.75) is 6.42 Å². The maximum atomic E-state index is 12.4. The van der Waals surface area contributed by atoms with Gasteiger partial charge in [-0.15, -0.1) is 0 Å². The highest BCUT2D eigenvalue weighted by Gasteiger charge is 2.21. The second kappa shape index (κ2) is 5.88. The minimum Gasteiger partial charge on any atom is -0.354 e. The number of rotatable bonds is 1. The third-order valence-corrected chi connectivity index (χ3v) is 3.93. The van der Waals surface area contributed by atoms with Crippen LogP contribution in [0.5, 0.6) is 0 Å². The normalized spacial score (nSPS) is 16.1. The third-order valence-electron chi connectivity index (χ3n) is 2.76. The van der Waals surface area contributed by atoms with Gasteiger partial charge in [0.25, 0.3) is 5.91 Å². The summed E-state index contributed by atoms with van der Waals surface area (Å²) in [6, 6.07) is 5.25. The van der Waals surface area contributed by atoms with Gasteiger partial charge in [-0.25, -0.2) is 0 Å². The van der Waals surface area contributed by atoms with Crippen LogP contribution >= 0.6 is 34.2 Å². The standard InChI is InChI=1S/C12H12ClIN2O2/c13-8-1-2-10(14)9(7-8)12(18)16-5-3-11(17)15-4-6-16/h1-2,7H,3-6H2,(H,15,17). The summed E-state index contributed by atoms with van der Waals surface area (Å²) in [5.74, 6) is -0.0792. The molecular weight excluding hydrogens is 367 g/mol. The number of carbonyl (C=O) groups is 2. The van der Waals surface area contributed by atoms with Gasteiger partial charge < -0.3 is 10.2 Å². The Kier molecular flexibility index (Phi) is 4.45. The topological polar surface area (TPSA) is 49.4 Å². The Morgan fingerprint density at radius 3 is 2.94 bits per heavy atom. The predicted octanol–water partition coefficient (Wildman–Crippen LogP) is 1.91. The third kappa shape index (κ3) is 3.14. The minimum atomic E-state index is -0.0709. The number of carbonyl (C=O) groups excluding carboxylic acids is 2. The van der Waals surface area contributed by atoms with Crippen molar-refractivity contribution in [1.29, 1.82) is 0 Å². The van der Waals surface area contributed by atoms with Crippen molar-refractivity contribution >= 4 is 46.0 Å². The molecule has 1 aliphatic rings. The molecule has 2 amide bonds. The molecule has 0 spiro atoms. The van der Waals surface area contributed by atoms with E-state index in [0.29, 0.717) is 36.6 Å². The zero-order chi connectivity index (χ0) is 13.1. The first-order valence-electron chi connectivity index (χ1n) is 5.59. The number of hydrogen-bond acceptors (Lipinski definition) is 2. The van der Waals surface area contributed by atoms with E-state index in [0.717, 1.165) is 3.57 Å². The summed E-state index contributed by atoms with van der Waals surface area (Å²) < 4.78 is 0.866. The van der Waals surface area contributed by atoms with Crippen LogP contribution in [0.25, 0.3) is 0 Å². The van der Waals surface area contributed by atoms with E-state index in [4.69, 9.17) is 11.6 Å². The number of hydrogen-bond donors (Lipinski definition) is 1. The van der Waals surface area contributed by atoms with Crippen LogP contribution in [-0.2, 0) is 4.79 Å². The molecule has 96 valence electrons. The number of halogens is 2. The molecule has 1 heterocycles. The maximum Gasteiger partial charge on any atom is 0.255 e. The molecule has 4 nitrogen and oxygen atoms in total. The molecule has 0 aromatic heterocycles. The predicted molar refractivity (Wildman–Crippen MR) is 77.7 cm³/mol. The second-order valence-corrected chi connectivity index (χ2v) is 5.61. The van der Waals surface area contributed by atoms with Gasteiger partial charge in [-0.2, -0.15) is 0 Å². The van der Waals surface area contributed by atoms with E-state index in [1.165, 1.54) is 0 Å². The molecule has 0 atom stereocenters. The van der Waals surface area contributed by atoms with Crippen LogP contribution in [0, 0.1) is 3.57 Å². The maximum absolute atomic E-state index is 12.4. The van der Waals surface area contributed by atoms with Gasteiger partial charge in [0.05, 0.1) is 5.56 Å². The van der Waals surface area contributed by atoms with Crippen LogP contribution in [0.3, 0.4) is 0 Å². The van der Waals surface area contributed by atoms with E-state index < -0.39 is 0 Å². The summed E-state index contributed by atoms with van der Waals surface area (Å²) in [6.07, 6.45) is 0.350. The van der Waals surface area contributed by atoms with Crippen LogP contribution in [0.15, 0.2) is 18.2 Å². The zero-order valence-corrected chi connectivity index (χ0v) is 12.5. The van der Waals surface area contributed by atoms with Crippen LogP contribution in [0.4, 0.5) is 0 Å². The van der Waals surface area contributed by atoms with Crippen molar-refractivity contribution < 1.29 is 9.59 Å². The Morgan fingerprint density at radius 2 is 2.17 bits per heavy atom. The fraction of sp³-hybridized carbons (Fsp3) is 0.333. The molecule has 2 rings (SSSR count). The van der Waals surface area contributed by atoms with Gasteiger partial charge in [-0.05, 0) is 40.8 Å². The minimum absolute atomic E-state index is 0.00825. The zero-order valence-electron chi connectivity index (χ0n) is 9.58. The van der Waals surface area contributed by atoms with Crippen LogP contribution < -0.4 is 5.32 Å². The van der Waals surface area contributed by atoms with Gasteiger partial charge in [0, 0.05) is 34.6 Å². The Bertz CT molecular complexity index is 493. The largest absolute Gasteiger partial charge is 0.354 e. The van der Waals surface area contributed by atoms with E-state index >= 15 is 0 Å². The van der Waals surface area contributed by atoms with Gasteiger partial charge in [-0.3, -0.25) is 9.59 Å². The van der Waals surface area contributed by atoms with Gasteiger partial charge in [0.2, 0.25) is 5.91 Å². The van der Waals surface area contributed by atoms with Crippen molar-refractivity contribution in [3.63, 3.8) is 0 Å². The number of nitrogens with one attached hydrogen (secondary N) is 1. The van der Waals surface area contributed by atoms with Crippen LogP contribution in [-0.4, -0.2) is 36.3 Å². The van der Waals surface area contributed by atoms with Crippen molar-refractivity contribution in [3.8, 4) is 0 Å². The number of benzene rings is 1. The summed E-state index contributed by atoms with van der Waals surface area (Å²) in [4.78, 5) is 25.3. The SMILES string of the molecule is O=C1CCN(C(=O)c2cc(Cl)ccc2I)CCN1. The van der Waals surface area contributed by atoms with E-state index in [1.807, 2.05) is 6.07 Å². The Labute approximate surface area is 124 Å². The monoisotopic (exact) mass is 378 g/mol. The molecule has 0 unspecified atom stereocenters. The van der Waals surface area contributed by atoms with Gasteiger partial charge >= 0.3 is 0 Å². The van der Waals surface area contributed by atoms with E-state index in [2.05, 4.69) is 27.9 Å². The average molecular weight is 379 g/mol. The lowest BCUT2D eigenvalue weighted by Gasteiger charge is -2.20. The van der Waals surface area contributed by atoms with Gasteiger partial charge in [0.15, 0.2) is 0 Å².